The lowest BCUT2D eigenvalue weighted by Gasteiger charge is -2.13. The van der Waals surface area contributed by atoms with Crippen molar-refractivity contribution < 1.29 is 8.42 Å². The summed E-state index contributed by atoms with van der Waals surface area (Å²) in [4.78, 5) is 0. The van der Waals surface area contributed by atoms with Gasteiger partial charge >= 0.3 is 0 Å². The second-order valence-electron chi connectivity index (χ2n) is 3.19. The van der Waals surface area contributed by atoms with Crippen LogP contribution in [0.25, 0.3) is 0 Å². The Morgan fingerprint density at radius 1 is 1.62 bits per heavy atom. The predicted molar refractivity (Wildman–Crippen MR) is 67.2 cm³/mol. The summed E-state index contributed by atoms with van der Waals surface area (Å²) in [6, 6.07) is 2.82. The molecule has 0 amide bonds. The van der Waals surface area contributed by atoms with Crippen LogP contribution in [0.15, 0.2) is 16.3 Å². The van der Waals surface area contributed by atoms with E-state index in [2.05, 4.69) is 10.6 Å². The van der Waals surface area contributed by atoms with E-state index in [1.165, 1.54) is 6.07 Å². The van der Waals surface area contributed by atoms with Crippen LogP contribution in [-0.4, -0.2) is 14.5 Å². The van der Waals surface area contributed by atoms with Crippen LogP contribution in [-0.2, 0) is 10.0 Å². The molecule has 0 bridgehead atoms. The monoisotopic (exact) mass is 277 g/mol. The minimum Gasteiger partial charge on any atom is -0.206 e. The number of halogens is 1. The topological polar surface area (TPSA) is 46.2 Å². The van der Waals surface area contributed by atoms with Crippen LogP contribution in [0.5, 0.6) is 0 Å². The normalized spacial score (nSPS) is 13.3. The predicted octanol–water partition coefficient (Wildman–Crippen LogP) is 2.48. The Bertz CT molecular complexity index is 487. The molecule has 1 rings (SSSR count). The Morgan fingerprint density at radius 3 is 2.75 bits per heavy atom. The summed E-state index contributed by atoms with van der Waals surface area (Å²) in [6.45, 7) is 1.88. The van der Waals surface area contributed by atoms with Gasteiger partial charge in [-0.2, -0.15) is 0 Å². The molecule has 1 atom stereocenters. The lowest BCUT2D eigenvalue weighted by Crippen LogP contribution is -2.33. The van der Waals surface area contributed by atoms with Crippen LogP contribution in [0.2, 0.25) is 4.34 Å². The molecule has 1 N–H and O–H groups in total. The molecule has 0 saturated heterocycles. The van der Waals surface area contributed by atoms with E-state index < -0.39 is 10.0 Å². The summed E-state index contributed by atoms with van der Waals surface area (Å²) in [5.41, 5.74) is 0. The molecule has 1 aromatic rings. The van der Waals surface area contributed by atoms with Gasteiger partial charge in [0.2, 0.25) is 10.0 Å². The standard InChI is InChI=1S/C10H12ClNO2S2/c1-3-5-8(4-2)12-16(13,14)10-7-6-9(11)15-10/h1,6-8,12H,4-5H2,2H3. The van der Waals surface area contributed by atoms with E-state index in [4.69, 9.17) is 18.0 Å². The molecule has 0 spiro atoms. The fourth-order valence-electron chi connectivity index (χ4n) is 1.13. The van der Waals surface area contributed by atoms with E-state index in [0.717, 1.165) is 11.3 Å². The fraction of sp³-hybridized carbons (Fsp3) is 0.400. The molecule has 0 radical (unpaired) electrons. The summed E-state index contributed by atoms with van der Waals surface area (Å²) in [5.74, 6) is 2.45. The number of hydrogen-bond acceptors (Lipinski definition) is 3. The molecule has 0 fully saturated rings. The molecular weight excluding hydrogens is 266 g/mol. The SMILES string of the molecule is C#CCC(CC)NS(=O)(=O)c1ccc(Cl)s1. The third-order valence-corrected chi connectivity index (χ3v) is 5.24. The Morgan fingerprint density at radius 2 is 2.31 bits per heavy atom. The van der Waals surface area contributed by atoms with Gasteiger partial charge < -0.3 is 0 Å². The third-order valence-electron chi connectivity index (χ3n) is 1.99. The number of hydrogen-bond donors (Lipinski definition) is 1. The molecule has 1 unspecified atom stereocenters. The molecule has 0 aliphatic carbocycles. The lowest BCUT2D eigenvalue weighted by molar-refractivity contribution is 0.546. The first-order valence-electron chi connectivity index (χ1n) is 4.70. The van der Waals surface area contributed by atoms with Crippen molar-refractivity contribution in [1.29, 1.82) is 0 Å². The minimum atomic E-state index is -3.48. The Labute approximate surface area is 105 Å². The molecule has 6 heteroatoms. The fourth-order valence-corrected chi connectivity index (χ4v) is 3.95. The second-order valence-corrected chi connectivity index (χ2v) is 6.85. The van der Waals surface area contributed by atoms with Gasteiger partial charge in [0.1, 0.15) is 4.21 Å². The Hall–Kier alpha value is -0.540. The van der Waals surface area contributed by atoms with Gasteiger partial charge in [-0.25, -0.2) is 13.1 Å². The minimum absolute atomic E-state index is 0.216. The highest BCUT2D eigenvalue weighted by Gasteiger charge is 2.20. The molecule has 3 nitrogen and oxygen atoms in total. The first kappa shape index (κ1) is 13.5. The molecule has 0 saturated carbocycles. The maximum Gasteiger partial charge on any atom is 0.250 e. The van der Waals surface area contributed by atoms with Crippen molar-refractivity contribution in [3.63, 3.8) is 0 Å². The first-order valence-corrected chi connectivity index (χ1v) is 7.38. The van der Waals surface area contributed by atoms with Crippen molar-refractivity contribution in [3.05, 3.63) is 16.5 Å². The van der Waals surface area contributed by atoms with Gasteiger partial charge in [-0.1, -0.05) is 18.5 Å². The summed E-state index contributed by atoms with van der Waals surface area (Å²) >= 11 is 6.72. The van der Waals surface area contributed by atoms with Gasteiger partial charge in [0.25, 0.3) is 0 Å². The van der Waals surface area contributed by atoms with Crippen LogP contribution in [0, 0.1) is 12.3 Å². The zero-order valence-corrected chi connectivity index (χ0v) is 11.1. The quantitative estimate of drug-likeness (QED) is 0.841. The van der Waals surface area contributed by atoms with E-state index in [-0.39, 0.29) is 10.3 Å². The zero-order valence-electron chi connectivity index (χ0n) is 8.73. The van der Waals surface area contributed by atoms with Gasteiger partial charge in [0.15, 0.2) is 0 Å². The highest BCUT2D eigenvalue weighted by Crippen LogP contribution is 2.25. The average molecular weight is 278 g/mol. The maximum atomic E-state index is 11.9. The van der Waals surface area contributed by atoms with Crippen LogP contribution in [0.1, 0.15) is 19.8 Å². The summed E-state index contributed by atoms with van der Waals surface area (Å²) in [7, 11) is -3.48. The molecule has 0 aromatic carbocycles. The molecule has 1 aromatic heterocycles. The van der Waals surface area contributed by atoms with Gasteiger partial charge in [0, 0.05) is 12.5 Å². The summed E-state index contributed by atoms with van der Waals surface area (Å²) in [6.07, 6.45) is 6.20. The Balaban J connectivity index is 2.83. The lowest BCUT2D eigenvalue weighted by atomic mass is 10.2. The summed E-state index contributed by atoms with van der Waals surface area (Å²) in [5, 5.41) is 0. The van der Waals surface area contributed by atoms with E-state index in [9.17, 15) is 8.42 Å². The number of thiophene rings is 1. The number of sulfonamides is 1. The smallest absolute Gasteiger partial charge is 0.206 e. The van der Waals surface area contributed by atoms with Gasteiger partial charge in [-0.3, -0.25) is 0 Å². The maximum absolute atomic E-state index is 11.9. The number of rotatable bonds is 5. The third kappa shape index (κ3) is 3.49. The van der Waals surface area contributed by atoms with Crippen LogP contribution < -0.4 is 4.72 Å². The first-order chi connectivity index (χ1) is 7.49. The van der Waals surface area contributed by atoms with Crippen molar-refractivity contribution in [2.24, 2.45) is 0 Å². The zero-order chi connectivity index (χ0) is 12.2. The summed E-state index contributed by atoms with van der Waals surface area (Å²) < 4.78 is 26.9. The van der Waals surface area contributed by atoms with E-state index in [1.807, 2.05) is 6.92 Å². The second kappa shape index (κ2) is 5.69. The number of nitrogens with one attached hydrogen (secondary N) is 1. The highest BCUT2D eigenvalue weighted by atomic mass is 35.5. The highest BCUT2D eigenvalue weighted by molar-refractivity contribution is 7.91. The average Bonchev–Trinajstić information content (AvgIpc) is 2.64. The van der Waals surface area contributed by atoms with Crippen molar-refractivity contribution in [3.8, 4) is 12.3 Å². The van der Waals surface area contributed by atoms with E-state index in [0.29, 0.717) is 17.2 Å². The Kier molecular flexibility index (Phi) is 4.81. The molecule has 88 valence electrons. The van der Waals surface area contributed by atoms with Gasteiger partial charge in [0.05, 0.1) is 4.34 Å². The van der Waals surface area contributed by atoms with Crippen LogP contribution in [0.4, 0.5) is 0 Å². The van der Waals surface area contributed by atoms with E-state index in [1.54, 1.807) is 6.07 Å². The van der Waals surface area contributed by atoms with Crippen LogP contribution >= 0.6 is 22.9 Å². The van der Waals surface area contributed by atoms with Crippen molar-refractivity contribution in [2.75, 3.05) is 0 Å². The molecular formula is C10H12ClNO2S2. The molecule has 0 aliphatic rings. The molecule has 16 heavy (non-hydrogen) atoms. The van der Waals surface area contributed by atoms with Crippen molar-refractivity contribution in [1.82, 2.24) is 4.72 Å². The molecule has 1 heterocycles. The van der Waals surface area contributed by atoms with E-state index >= 15 is 0 Å². The number of terminal acetylenes is 1. The largest absolute Gasteiger partial charge is 0.250 e. The van der Waals surface area contributed by atoms with Gasteiger partial charge in [-0.15, -0.1) is 23.7 Å². The molecule has 0 aliphatic heterocycles. The van der Waals surface area contributed by atoms with Crippen molar-refractivity contribution in [2.45, 2.75) is 30.0 Å². The van der Waals surface area contributed by atoms with Crippen molar-refractivity contribution >= 4 is 33.0 Å². The van der Waals surface area contributed by atoms with Gasteiger partial charge in [-0.05, 0) is 18.6 Å². The van der Waals surface area contributed by atoms with Crippen LogP contribution in [0.3, 0.4) is 0 Å².